The average molecular weight is 392 g/mol. The number of pyridine rings is 1. The molecule has 3 aromatic rings. The summed E-state index contributed by atoms with van der Waals surface area (Å²) in [5.41, 5.74) is 1.41. The second-order valence-corrected chi connectivity index (χ2v) is 8.25. The van der Waals surface area contributed by atoms with Gasteiger partial charge in [-0.3, -0.25) is 9.78 Å². The van der Waals surface area contributed by atoms with Crippen molar-refractivity contribution in [2.75, 3.05) is 6.54 Å². The Morgan fingerprint density at radius 2 is 1.64 bits per heavy atom. The molecule has 0 aliphatic carbocycles. The highest BCUT2D eigenvalue weighted by Gasteiger charge is 2.29. The summed E-state index contributed by atoms with van der Waals surface area (Å²) in [6, 6.07) is 21.0. The largest absolute Gasteiger partial charge is 0.351 e. The summed E-state index contributed by atoms with van der Waals surface area (Å²) in [7, 11) is -3.70. The predicted octanol–water partition coefficient (Wildman–Crippen LogP) is 3.43. The molecular weight excluding hydrogens is 372 g/mol. The third-order valence-corrected chi connectivity index (χ3v) is 6.31. The molecule has 5 nitrogen and oxygen atoms in total. The first kappa shape index (κ1) is 19.5. The maximum absolute atomic E-state index is 13.1. The van der Waals surface area contributed by atoms with Crippen molar-refractivity contribution in [2.45, 2.75) is 10.1 Å². The zero-order valence-electron chi connectivity index (χ0n) is 15.1. The van der Waals surface area contributed by atoms with Gasteiger partial charge in [0, 0.05) is 25.0 Å². The Bertz CT molecular complexity index is 1030. The van der Waals surface area contributed by atoms with E-state index in [1.54, 1.807) is 54.7 Å². The van der Waals surface area contributed by atoms with Gasteiger partial charge in [0.15, 0.2) is 9.84 Å². The fourth-order valence-electron chi connectivity index (χ4n) is 2.74. The average Bonchev–Trinajstić information content (AvgIpc) is 2.74. The van der Waals surface area contributed by atoms with Gasteiger partial charge in [-0.2, -0.15) is 0 Å². The summed E-state index contributed by atoms with van der Waals surface area (Å²) >= 11 is 0. The van der Waals surface area contributed by atoms with Crippen molar-refractivity contribution in [3.05, 3.63) is 102 Å². The first-order valence-corrected chi connectivity index (χ1v) is 10.3. The standard InChI is InChI=1S/C22H20N2O3S/c25-22(14-13-18-8-3-1-4-9-18)24-17-21(19-10-7-15-23-16-19)28(26,27)20-11-5-2-6-12-20/h1-16,21H,17H2,(H,24,25)/b14-13+/t21-/m0/s1. The van der Waals surface area contributed by atoms with Gasteiger partial charge in [0.2, 0.25) is 5.91 Å². The number of carbonyl (C=O) groups excluding carboxylic acids is 1. The van der Waals surface area contributed by atoms with Crippen LogP contribution in [-0.2, 0) is 14.6 Å². The first-order chi connectivity index (χ1) is 13.6. The monoisotopic (exact) mass is 392 g/mol. The minimum Gasteiger partial charge on any atom is -0.351 e. The zero-order valence-corrected chi connectivity index (χ0v) is 15.9. The SMILES string of the molecule is O=C(/C=C/c1ccccc1)NC[C@@H](c1cccnc1)S(=O)(=O)c1ccccc1. The van der Waals surface area contributed by atoms with E-state index in [1.165, 1.54) is 12.3 Å². The molecule has 1 aromatic heterocycles. The number of aromatic nitrogens is 1. The van der Waals surface area contributed by atoms with Crippen LogP contribution in [0.3, 0.4) is 0 Å². The van der Waals surface area contributed by atoms with Crippen molar-refractivity contribution in [3.8, 4) is 0 Å². The van der Waals surface area contributed by atoms with Gasteiger partial charge in [0.05, 0.1) is 4.90 Å². The van der Waals surface area contributed by atoms with E-state index in [4.69, 9.17) is 0 Å². The molecule has 0 bridgehead atoms. The van der Waals surface area contributed by atoms with Crippen LogP contribution in [0.2, 0.25) is 0 Å². The Labute approximate surface area is 164 Å². The molecule has 0 radical (unpaired) electrons. The lowest BCUT2D eigenvalue weighted by Crippen LogP contribution is -2.31. The summed E-state index contributed by atoms with van der Waals surface area (Å²) < 4.78 is 26.3. The smallest absolute Gasteiger partial charge is 0.244 e. The number of sulfone groups is 1. The van der Waals surface area contributed by atoms with Gasteiger partial charge in [-0.15, -0.1) is 0 Å². The van der Waals surface area contributed by atoms with E-state index in [2.05, 4.69) is 10.3 Å². The molecule has 0 spiro atoms. The number of rotatable bonds is 7. The van der Waals surface area contributed by atoms with E-state index < -0.39 is 15.1 Å². The van der Waals surface area contributed by atoms with E-state index in [1.807, 2.05) is 30.3 Å². The summed E-state index contributed by atoms with van der Waals surface area (Å²) in [4.78, 5) is 16.4. The third-order valence-electron chi connectivity index (χ3n) is 4.19. The number of nitrogens with zero attached hydrogens (tertiary/aromatic N) is 1. The molecule has 0 fully saturated rings. The van der Waals surface area contributed by atoms with E-state index >= 15 is 0 Å². The Hall–Kier alpha value is -3.25. The van der Waals surface area contributed by atoms with Gasteiger partial charge in [-0.05, 0) is 35.4 Å². The van der Waals surface area contributed by atoms with Crippen LogP contribution in [0.5, 0.6) is 0 Å². The highest BCUT2D eigenvalue weighted by Crippen LogP contribution is 2.27. The topological polar surface area (TPSA) is 76.1 Å². The molecule has 3 rings (SSSR count). The van der Waals surface area contributed by atoms with E-state index in [9.17, 15) is 13.2 Å². The second-order valence-electron chi connectivity index (χ2n) is 6.12. The van der Waals surface area contributed by atoms with Crippen molar-refractivity contribution >= 4 is 21.8 Å². The molecule has 0 saturated carbocycles. The second kappa shape index (κ2) is 9.10. The van der Waals surface area contributed by atoms with Gasteiger partial charge < -0.3 is 5.32 Å². The molecule has 0 aliphatic heterocycles. The Kier molecular flexibility index (Phi) is 6.34. The van der Waals surface area contributed by atoms with Crippen molar-refractivity contribution in [2.24, 2.45) is 0 Å². The molecule has 1 atom stereocenters. The molecule has 1 amide bonds. The molecule has 6 heteroatoms. The summed E-state index contributed by atoms with van der Waals surface area (Å²) in [5, 5.41) is 1.76. The van der Waals surface area contributed by atoms with Crippen molar-refractivity contribution in [1.82, 2.24) is 10.3 Å². The summed E-state index contributed by atoms with van der Waals surface area (Å²) in [6.07, 6.45) is 6.17. The van der Waals surface area contributed by atoms with Gasteiger partial charge in [-0.25, -0.2) is 8.42 Å². The zero-order chi connectivity index (χ0) is 19.8. The summed E-state index contributed by atoms with van der Waals surface area (Å²) in [6.45, 7) is -0.0547. The maximum Gasteiger partial charge on any atom is 0.244 e. The molecule has 2 aromatic carbocycles. The minimum absolute atomic E-state index is 0.0547. The lowest BCUT2D eigenvalue weighted by molar-refractivity contribution is -0.116. The molecule has 1 N–H and O–H groups in total. The van der Waals surface area contributed by atoms with Gasteiger partial charge >= 0.3 is 0 Å². The predicted molar refractivity (Wildman–Crippen MR) is 109 cm³/mol. The first-order valence-electron chi connectivity index (χ1n) is 8.77. The molecule has 0 unspecified atom stereocenters. The minimum atomic E-state index is -3.70. The third kappa shape index (κ3) is 4.92. The number of benzene rings is 2. The Balaban J connectivity index is 1.79. The normalized spacial score (nSPS) is 12.6. The maximum atomic E-state index is 13.1. The molecule has 1 heterocycles. The van der Waals surface area contributed by atoms with Crippen molar-refractivity contribution in [3.63, 3.8) is 0 Å². The van der Waals surface area contributed by atoms with Gasteiger partial charge in [0.1, 0.15) is 5.25 Å². The van der Waals surface area contributed by atoms with Crippen LogP contribution < -0.4 is 5.32 Å². The Morgan fingerprint density at radius 3 is 2.29 bits per heavy atom. The highest BCUT2D eigenvalue weighted by molar-refractivity contribution is 7.91. The molecule has 0 saturated heterocycles. The highest BCUT2D eigenvalue weighted by atomic mass is 32.2. The van der Waals surface area contributed by atoms with Crippen LogP contribution in [0.1, 0.15) is 16.4 Å². The van der Waals surface area contributed by atoms with Crippen molar-refractivity contribution in [1.29, 1.82) is 0 Å². The number of hydrogen-bond acceptors (Lipinski definition) is 4. The van der Waals surface area contributed by atoms with Crippen LogP contribution in [0.15, 0.2) is 96.2 Å². The van der Waals surface area contributed by atoms with Crippen LogP contribution in [0.4, 0.5) is 0 Å². The van der Waals surface area contributed by atoms with Crippen LogP contribution in [0, 0.1) is 0 Å². The lowest BCUT2D eigenvalue weighted by atomic mass is 10.2. The lowest BCUT2D eigenvalue weighted by Gasteiger charge is -2.18. The van der Waals surface area contributed by atoms with E-state index in [-0.39, 0.29) is 17.3 Å². The van der Waals surface area contributed by atoms with E-state index in [0.717, 1.165) is 5.56 Å². The molecular formula is C22H20N2O3S. The number of carbonyl (C=O) groups is 1. The quantitative estimate of drug-likeness (QED) is 0.625. The van der Waals surface area contributed by atoms with Gasteiger partial charge in [0.25, 0.3) is 0 Å². The molecule has 28 heavy (non-hydrogen) atoms. The van der Waals surface area contributed by atoms with Crippen LogP contribution in [0.25, 0.3) is 6.08 Å². The summed E-state index contributed by atoms with van der Waals surface area (Å²) in [5.74, 6) is -0.360. The number of hydrogen-bond donors (Lipinski definition) is 1. The van der Waals surface area contributed by atoms with Gasteiger partial charge in [-0.1, -0.05) is 54.6 Å². The fourth-order valence-corrected chi connectivity index (χ4v) is 4.40. The van der Waals surface area contributed by atoms with Crippen LogP contribution in [-0.4, -0.2) is 25.9 Å². The van der Waals surface area contributed by atoms with Crippen molar-refractivity contribution < 1.29 is 13.2 Å². The molecule has 142 valence electrons. The fraction of sp³-hybridized carbons (Fsp3) is 0.0909. The molecule has 0 aliphatic rings. The Morgan fingerprint density at radius 1 is 0.964 bits per heavy atom. The number of amides is 1. The van der Waals surface area contributed by atoms with Crippen LogP contribution >= 0.6 is 0 Å². The van der Waals surface area contributed by atoms with E-state index in [0.29, 0.717) is 5.56 Å². The number of nitrogens with one attached hydrogen (secondary N) is 1.